The van der Waals surface area contributed by atoms with E-state index in [4.69, 9.17) is 10.7 Å². The number of hydrogen-bond donors (Lipinski definition) is 1. The average molecular weight is 481 g/mol. The zero-order chi connectivity index (χ0) is 24.2. The monoisotopic (exact) mass is 480 g/mol. The second kappa shape index (κ2) is 8.78. The molecule has 34 heavy (non-hydrogen) atoms. The highest BCUT2D eigenvalue weighted by atomic mass is 19.4. The molecule has 0 bridgehead atoms. The van der Waals surface area contributed by atoms with E-state index in [0.717, 1.165) is 50.9 Å². The average Bonchev–Trinajstić information content (AvgIpc) is 3.14. The standard InChI is InChI=1S/C24H32F4N6/c1-14(2)23-31-20(15-9-19(24(26,27)28)22(29)30-12-15)13-34(23)21-17-10-16(11-18(17)21)33-7-5-32(4-3-25)6-8-33/h9,12-14,16-18,21H,3-8,10-11H2,1-2H3,(H2,29,30)/t16?,17-,18+,21+. The Balaban J connectivity index is 1.30. The summed E-state index contributed by atoms with van der Waals surface area (Å²) in [5, 5.41) is 0. The van der Waals surface area contributed by atoms with Crippen LogP contribution >= 0.6 is 0 Å². The molecule has 3 aliphatic rings. The summed E-state index contributed by atoms with van der Waals surface area (Å²) in [4.78, 5) is 13.2. The topological polar surface area (TPSA) is 63.2 Å². The van der Waals surface area contributed by atoms with Crippen LogP contribution < -0.4 is 5.73 Å². The van der Waals surface area contributed by atoms with Crippen LogP contribution in [0, 0.1) is 11.8 Å². The Hall–Kier alpha value is -2.20. The van der Waals surface area contributed by atoms with Crippen molar-refractivity contribution in [2.75, 3.05) is 45.1 Å². The molecule has 2 N–H and O–H groups in total. The van der Waals surface area contributed by atoms with Gasteiger partial charge in [0.05, 0.1) is 11.3 Å². The van der Waals surface area contributed by atoms with Crippen molar-refractivity contribution in [3.8, 4) is 11.3 Å². The van der Waals surface area contributed by atoms with E-state index in [1.54, 1.807) is 0 Å². The van der Waals surface area contributed by atoms with E-state index >= 15 is 0 Å². The van der Waals surface area contributed by atoms with Crippen LogP contribution in [0.5, 0.6) is 0 Å². The number of aromatic nitrogens is 3. The highest BCUT2D eigenvalue weighted by Crippen LogP contribution is 2.62. The number of imidazole rings is 1. The van der Waals surface area contributed by atoms with Crippen LogP contribution in [0.4, 0.5) is 23.4 Å². The molecular formula is C24H32F4N6. The van der Waals surface area contributed by atoms with E-state index in [9.17, 15) is 17.6 Å². The van der Waals surface area contributed by atoms with Crippen LogP contribution in [0.1, 0.15) is 50.0 Å². The molecular weight excluding hydrogens is 448 g/mol. The smallest absolute Gasteiger partial charge is 0.383 e. The maximum Gasteiger partial charge on any atom is 0.419 e. The molecule has 6 nitrogen and oxygen atoms in total. The van der Waals surface area contributed by atoms with Gasteiger partial charge in [0.1, 0.15) is 18.3 Å². The van der Waals surface area contributed by atoms with Crippen LogP contribution in [-0.4, -0.2) is 69.8 Å². The molecule has 1 unspecified atom stereocenters. The van der Waals surface area contributed by atoms with Gasteiger partial charge in [0.2, 0.25) is 0 Å². The van der Waals surface area contributed by atoms with Gasteiger partial charge in [0.15, 0.2) is 0 Å². The number of nitrogens with zero attached hydrogens (tertiary/aromatic N) is 5. The van der Waals surface area contributed by atoms with Crippen LogP contribution in [0.25, 0.3) is 11.3 Å². The predicted octanol–water partition coefficient (Wildman–Crippen LogP) is 4.21. The number of alkyl halides is 4. The first-order chi connectivity index (χ1) is 16.2. The van der Waals surface area contributed by atoms with E-state index in [1.165, 1.54) is 6.20 Å². The molecule has 186 valence electrons. The van der Waals surface area contributed by atoms with Gasteiger partial charge in [-0.2, -0.15) is 13.2 Å². The lowest BCUT2D eigenvalue weighted by Gasteiger charge is -2.38. The first kappa shape index (κ1) is 23.5. The van der Waals surface area contributed by atoms with Gasteiger partial charge in [0.25, 0.3) is 0 Å². The zero-order valence-corrected chi connectivity index (χ0v) is 19.6. The van der Waals surface area contributed by atoms with Gasteiger partial charge in [-0.3, -0.25) is 9.80 Å². The van der Waals surface area contributed by atoms with Crippen molar-refractivity contribution >= 4 is 5.82 Å². The number of halogens is 4. The first-order valence-corrected chi connectivity index (χ1v) is 12.1. The third kappa shape index (κ3) is 4.30. The molecule has 5 rings (SSSR count). The number of nitrogen functional groups attached to an aromatic ring is 1. The second-order valence-corrected chi connectivity index (χ2v) is 10.2. The quantitative estimate of drug-likeness (QED) is 0.628. The Kier molecular flexibility index (Phi) is 6.08. The van der Waals surface area contributed by atoms with Crippen molar-refractivity contribution < 1.29 is 17.6 Å². The third-order valence-corrected chi connectivity index (χ3v) is 7.82. The van der Waals surface area contributed by atoms with E-state index in [2.05, 4.69) is 33.2 Å². The molecule has 1 saturated heterocycles. The Morgan fingerprint density at radius 2 is 1.79 bits per heavy atom. The van der Waals surface area contributed by atoms with Crippen molar-refractivity contribution in [1.82, 2.24) is 24.3 Å². The van der Waals surface area contributed by atoms with Crippen LogP contribution in [0.15, 0.2) is 18.5 Å². The normalized spacial score (nSPS) is 28.0. The van der Waals surface area contributed by atoms with Gasteiger partial charge >= 0.3 is 6.18 Å². The third-order valence-electron chi connectivity index (χ3n) is 7.82. The minimum atomic E-state index is -4.56. The Bertz CT molecular complexity index is 1010. The van der Waals surface area contributed by atoms with Gasteiger partial charge in [0, 0.05) is 68.7 Å². The summed E-state index contributed by atoms with van der Waals surface area (Å²) >= 11 is 0. The number of anilines is 1. The number of piperazine rings is 1. The molecule has 4 atom stereocenters. The molecule has 10 heteroatoms. The van der Waals surface area contributed by atoms with E-state index in [1.807, 2.05) is 6.20 Å². The number of pyridine rings is 1. The summed E-state index contributed by atoms with van der Waals surface area (Å²) in [6, 6.07) is 1.97. The minimum absolute atomic E-state index is 0.151. The van der Waals surface area contributed by atoms with Crippen molar-refractivity contribution in [3.63, 3.8) is 0 Å². The molecule has 2 saturated carbocycles. The van der Waals surface area contributed by atoms with Crippen molar-refractivity contribution in [2.24, 2.45) is 11.8 Å². The minimum Gasteiger partial charge on any atom is -0.383 e. The Morgan fingerprint density at radius 3 is 2.38 bits per heavy atom. The molecule has 2 aliphatic carbocycles. The van der Waals surface area contributed by atoms with Crippen molar-refractivity contribution in [3.05, 3.63) is 29.8 Å². The highest BCUT2D eigenvalue weighted by molar-refractivity contribution is 5.62. The van der Waals surface area contributed by atoms with Gasteiger partial charge in [-0.25, -0.2) is 14.4 Å². The van der Waals surface area contributed by atoms with Crippen molar-refractivity contribution in [2.45, 2.75) is 50.9 Å². The summed E-state index contributed by atoms with van der Waals surface area (Å²) < 4.78 is 54.8. The largest absolute Gasteiger partial charge is 0.419 e. The maximum absolute atomic E-state index is 13.3. The maximum atomic E-state index is 13.3. The molecule has 0 spiro atoms. The Labute approximate surface area is 197 Å². The molecule has 0 aromatic carbocycles. The van der Waals surface area contributed by atoms with Gasteiger partial charge in [-0.1, -0.05) is 13.8 Å². The SMILES string of the molecule is CC(C)c1nc(-c2cnc(N)c(C(F)(F)F)c2)cn1[C@H]1[C@@H]2CC(N3CCN(CCF)CC3)C[C@@H]21. The summed E-state index contributed by atoms with van der Waals surface area (Å²) in [5.41, 5.74) is 5.38. The first-order valence-electron chi connectivity index (χ1n) is 12.1. The number of nitrogens with two attached hydrogens (primary N) is 1. The summed E-state index contributed by atoms with van der Waals surface area (Å²) in [6.45, 7) is 8.20. The molecule has 3 heterocycles. The van der Waals surface area contributed by atoms with E-state index < -0.39 is 17.6 Å². The summed E-state index contributed by atoms with van der Waals surface area (Å²) in [6.07, 6.45) is 0.969. The number of rotatable bonds is 6. The molecule has 0 amide bonds. The summed E-state index contributed by atoms with van der Waals surface area (Å²) in [7, 11) is 0. The Morgan fingerprint density at radius 1 is 1.12 bits per heavy atom. The summed E-state index contributed by atoms with van der Waals surface area (Å²) in [5.74, 6) is 1.68. The lowest BCUT2D eigenvalue weighted by molar-refractivity contribution is -0.137. The van der Waals surface area contributed by atoms with Gasteiger partial charge < -0.3 is 10.3 Å². The highest BCUT2D eigenvalue weighted by Gasteiger charge is 2.58. The van der Waals surface area contributed by atoms with Gasteiger partial charge in [-0.05, 0) is 30.7 Å². The lowest BCUT2D eigenvalue weighted by atomic mass is 10.1. The second-order valence-electron chi connectivity index (χ2n) is 10.2. The fourth-order valence-corrected chi connectivity index (χ4v) is 6.02. The molecule has 1 aliphatic heterocycles. The predicted molar refractivity (Wildman–Crippen MR) is 122 cm³/mol. The lowest BCUT2D eigenvalue weighted by Crippen LogP contribution is -2.50. The fraction of sp³-hybridized carbons (Fsp3) is 0.667. The molecule has 2 aromatic heterocycles. The molecule has 2 aromatic rings. The molecule has 0 radical (unpaired) electrons. The van der Waals surface area contributed by atoms with Crippen LogP contribution in [-0.2, 0) is 6.18 Å². The fourth-order valence-electron chi connectivity index (χ4n) is 6.02. The number of hydrogen-bond acceptors (Lipinski definition) is 5. The molecule has 3 fully saturated rings. The van der Waals surface area contributed by atoms with Crippen molar-refractivity contribution in [1.29, 1.82) is 0 Å². The van der Waals surface area contributed by atoms with Gasteiger partial charge in [-0.15, -0.1) is 0 Å². The number of fused-ring (bicyclic) bond motifs is 1. The zero-order valence-electron chi connectivity index (χ0n) is 19.6. The van der Waals surface area contributed by atoms with Crippen LogP contribution in [0.2, 0.25) is 0 Å². The van der Waals surface area contributed by atoms with E-state index in [0.29, 0.717) is 41.7 Å². The van der Waals surface area contributed by atoms with Crippen LogP contribution in [0.3, 0.4) is 0 Å². The van der Waals surface area contributed by atoms with E-state index in [-0.39, 0.29) is 12.6 Å².